The highest BCUT2D eigenvalue weighted by Crippen LogP contribution is 2.21. The van der Waals surface area contributed by atoms with E-state index in [4.69, 9.17) is 4.74 Å². The van der Waals surface area contributed by atoms with Gasteiger partial charge in [0.15, 0.2) is 0 Å². The van der Waals surface area contributed by atoms with Gasteiger partial charge in [0.05, 0.1) is 0 Å². The number of nitrogens with zero attached hydrogens (tertiary/aromatic N) is 1. The van der Waals surface area contributed by atoms with Gasteiger partial charge < -0.3 is 4.74 Å². The standard InChI is InChI=1S/C13H18BrNOS/c1-15(12-6-9-17-10-12)7-8-16-13-4-2-11(14)3-5-13/h2-5,12H,6-10H2,1H3. The van der Waals surface area contributed by atoms with Crippen LogP contribution in [0.3, 0.4) is 0 Å². The van der Waals surface area contributed by atoms with Gasteiger partial charge in [0.25, 0.3) is 0 Å². The molecule has 94 valence electrons. The fourth-order valence-electron chi connectivity index (χ4n) is 1.89. The third kappa shape index (κ3) is 4.19. The van der Waals surface area contributed by atoms with Gasteiger partial charge in [-0.1, -0.05) is 15.9 Å². The first-order valence-electron chi connectivity index (χ1n) is 5.92. The van der Waals surface area contributed by atoms with Crippen molar-refractivity contribution in [3.05, 3.63) is 28.7 Å². The summed E-state index contributed by atoms with van der Waals surface area (Å²) in [6.07, 6.45) is 1.32. The summed E-state index contributed by atoms with van der Waals surface area (Å²) in [6.45, 7) is 1.76. The Morgan fingerprint density at radius 3 is 2.82 bits per heavy atom. The Morgan fingerprint density at radius 2 is 2.18 bits per heavy atom. The number of ether oxygens (including phenoxy) is 1. The first kappa shape index (κ1) is 13.2. The molecule has 0 N–H and O–H groups in total. The molecule has 0 aliphatic carbocycles. The van der Waals surface area contributed by atoms with Crippen molar-refractivity contribution in [2.45, 2.75) is 12.5 Å². The van der Waals surface area contributed by atoms with Crippen LogP contribution in [0.2, 0.25) is 0 Å². The van der Waals surface area contributed by atoms with Crippen molar-refractivity contribution in [2.75, 3.05) is 31.7 Å². The number of thioether (sulfide) groups is 1. The highest BCUT2D eigenvalue weighted by molar-refractivity contribution is 9.10. The molecule has 1 atom stereocenters. The van der Waals surface area contributed by atoms with Crippen molar-refractivity contribution in [3.8, 4) is 5.75 Å². The minimum atomic E-state index is 0.744. The summed E-state index contributed by atoms with van der Waals surface area (Å²) in [5, 5.41) is 0. The second-order valence-electron chi connectivity index (χ2n) is 4.30. The van der Waals surface area contributed by atoms with E-state index in [2.05, 4.69) is 39.6 Å². The summed E-state index contributed by atoms with van der Waals surface area (Å²) in [6, 6.07) is 8.75. The average molecular weight is 316 g/mol. The minimum absolute atomic E-state index is 0.744. The van der Waals surface area contributed by atoms with E-state index in [1.165, 1.54) is 17.9 Å². The molecule has 0 spiro atoms. The van der Waals surface area contributed by atoms with Crippen LogP contribution >= 0.6 is 27.7 Å². The van der Waals surface area contributed by atoms with Crippen LogP contribution < -0.4 is 4.74 Å². The lowest BCUT2D eigenvalue weighted by Crippen LogP contribution is -2.34. The maximum absolute atomic E-state index is 5.72. The van der Waals surface area contributed by atoms with E-state index in [9.17, 15) is 0 Å². The van der Waals surface area contributed by atoms with Crippen LogP contribution in [0.5, 0.6) is 5.75 Å². The zero-order valence-electron chi connectivity index (χ0n) is 10.1. The molecule has 2 nitrogen and oxygen atoms in total. The van der Waals surface area contributed by atoms with Gasteiger partial charge in [-0.3, -0.25) is 4.90 Å². The lowest BCUT2D eigenvalue weighted by Gasteiger charge is -2.23. The van der Waals surface area contributed by atoms with Gasteiger partial charge in [0.2, 0.25) is 0 Å². The van der Waals surface area contributed by atoms with E-state index < -0.39 is 0 Å². The van der Waals surface area contributed by atoms with E-state index >= 15 is 0 Å². The Kier molecular flexibility index (Phi) is 5.19. The fraction of sp³-hybridized carbons (Fsp3) is 0.538. The molecule has 17 heavy (non-hydrogen) atoms. The number of hydrogen-bond donors (Lipinski definition) is 0. The van der Waals surface area contributed by atoms with Crippen LogP contribution in [0, 0.1) is 0 Å². The van der Waals surface area contributed by atoms with Crippen molar-refractivity contribution in [1.82, 2.24) is 4.90 Å². The number of halogens is 1. The molecular weight excluding hydrogens is 298 g/mol. The molecule has 1 aromatic carbocycles. The van der Waals surface area contributed by atoms with Gasteiger partial charge in [0, 0.05) is 22.8 Å². The Bertz CT molecular complexity index is 338. The molecule has 0 bridgehead atoms. The fourth-order valence-corrected chi connectivity index (χ4v) is 3.45. The van der Waals surface area contributed by atoms with Crippen LogP contribution in [0.1, 0.15) is 6.42 Å². The van der Waals surface area contributed by atoms with E-state index in [1.54, 1.807) is 0 Å². The first-order valence-corrected chi connectivity index (χ1v) is 7.87. The van der Waals surface area contributed by atoms with Gasteiger partial charge in [0.1, 0.15) is 12.4 Å². The molecule has 1 saturated heterocycles. The molecule has 4 heteroatoms. The second-order valence-corrected chi connectivity index (χ2v) is 6.37. The highest BCUT2D eigenvalue weighted by atomic mass is 79.9. The maximum atomic E-state index is 5.72. The van der Waals surface area contributed by atoms with Crippen LogP contribution in [-0.2, 0) is 0 Å². The Balaban J connectivity index is 1.70. The second kappa shape index (κ2) is 6.66. The number of benzene rings is 1. The summed E-state index contributed by atoms with van der Waals surface area (Å²) in [4.78, 5) is 2.42. The monoisotopic (exact) mass is 315 g/mol. The van der Waals surface area contributed by atoms with Crippen LogP contribution in [0.25, 0.3) is 0 Å². The lowest BCUT2D eigenvalue weighted by atomic mass is 10.2. The summed E-state index contributed by atoms with van der Waals surface area (Å²) < 4.78 is 6.81. The van der Waals surface area contributed by atoms with Gasteiger partial charge >= 0.3 is 0 Å². The van der Waals surface area contributed by atoms with Gasteiger partial charge in [-0.2, -0.15) is 11.8 Å². The largest absolute Gasteiger partial charge is 0.492 e. The summed E-state index contributed by atoms with van der Waals surface area (Å²) in [5.74, 6) is 3.53. The zero-order chi connectivity index (χ0) is 12.1. The maximum Gasteiger partial charge on any atom is 0.119 e. The van der Waals surface area contributed by atoms with Crippen molar-refractivity contribution in [1.29, 1.82) is 0 Å². The molecule has 1 aromatic rings. The number of likely N-dealkylation sites (N-methyl/N-ethyl adjacent to an activating group) is 1. The summed E-state index contributed by atoms with van der Waals surface area (Å²) >= 11 is 5.47. The van der Waals surface area contributed by atoms with E-state index in [1.807, 2.05) is 24.3 Å². The molecule has 0 saturated carbocycles. The quantitative estimate of drug-likeness (QED) is 0.827. The third-order valence-electron chi connectivity index (χ3n) is 3.06. The molecule has 2 rings (SSSR count). The number of rotatable bonds is 5. The van der Waals surface area contributed by atoms with Crippen molar-refractivity contribution < 1.29 is 4.74 Å². The molecule has 1 heterocycles. The topological polar surface area (TPSA) is 12.5 Å². The van der Waals surface area contributed by atoms with E-state index in [-0.39, 0.29) is 0 Å². The molecule has 0 radical (unpaired) electrons. The van der Waals surface area contributed by atoms with Gasteiger partial charge in [-0.15, -0.1) is 0 Å². The smallest absolute Gasteiger partial charge is 0.119 e. The van der Waals surface area contributed by atoms with Gasteiger partial charge in [-0.05, 0) is 43.5 Å². The van der Waals surface area contributed by atoms with Crippen molar-refractivity contribution in [2.24, 2.45) is 0 Å². The molecule has 0 aromatic heterocycles. The average Bonchev–Trinajstić information content (AvgIpc) is 2.85. The van der Waals surface area contributed by atoms with Crippen LogP contribution in [0.4, 0.5) is 0 Å². The Hall–Kier alpha value is -0.190. The minimum Gasteiger partial charge on any atom is -0.492 e. The Morgan fingerprint density at radius 1 is 1.41 bits per heavy atom. The normalized spacial score (nSPS) is 19.8. The predicted molar refractivity (Wildman–Crippen MR) is 78.0 cm³/mol. The predicted octanol–water partition coefficient (Wildman–Crippen LogP) is 3.27. The molecule has 1 unspecified atom stereocenters. The molecule has 1 fully saturated rings. The molecule has 1 aliphatic rings. The van der Waals surface area contributed by atoms with E-state index in [0.717, 1.165) is 29.4 Å². The van der Waals surface area contributed by atoms with Crippen LogP contribution in [0.15, 0.2) is 28.7 Å². The third-order valence-corrected chi connectivity index (χ3v) is 4.73. The van der Waals surface area contributed by atoms with E-state index in [0.29, 0.717) is 0 Å². The molecule has 0 amide bonds. The highest BCUT2D eigenvalue weighted by Gasteiger charge is 2.19. The number of hydrogen-bond acceptors (Lipinski definition) is 3. The molecular formula is C13H18BrNOS. The summed E-state index contributed by atoms with van der Waals surface area (Å²) in [7, 11) is 2.20. The van der Waals surface area contributed by atoms with Gasteiger partial charge in [-0.25, -0.2) is 0 Å². The SMILES string of the molecule is CN(CCOc1ccc(Br)cc1)C1CCSC1. The zero-order valence-corrected chi connectivity index (χ0v) is 12.5. The van der Waals surface area contributed by atoms with Crippen molar-refractivity contribution in [3.63, 3.8) is 0 Å². The van der Waals surface area contributed by atoms with Crippen LogP contribution in [-0.4, -0.2) is 42.6 Å². The lowest BCUT2D eigenvalue weighted by molar-refractivity contribution is 0.202. The first-order chi connectivity index (χ1) is 8.25. The molecule has 1 aliphatic heterocycles. The summed E-state index contributed by atoms with van der Waals surface area (Å²) in [5.41, 5.74) is 0. The van der Waals surface area contributed by atoms with Crippen molar-refractivity contribution >= 4 is 27.7 Å². The Labute approximate surface area is 116 Å².